The van der Waals surface area contributed by atoms with E-state index in [2.05, 4.69) is 39.7 Å². The third-order valence-corrected chi connectivity index (χ3v) is 5.74. The number of carbonyl (C=O) groups is 1. The summed E-state index contributed by atoms with van der Waals surface area (Å²) in [6, 6.07) is 21.8. The number of benzene rings is 2. The predicted molar refractivity (Wildman–Crippen MR) is 123 cm³/mol. The van der Waals surface area contributed by atoms with Gasteiger partial charge in [-0.25, -0.2) is 4.68 Å². The van der Waals surface area contributed by atoms with Gasteiger partial charge in [-0.2, -0.15) is 0 Å². The molecule has 4 aromatic rings. The Kier molecular flexibility index (Phi) is 6.43. The highest BCUT2D eigenvalue weighted by Crippen LogP contribution is 2.25. The highest BCUT2D eigenvalue weighted by Gasteiger charge is 2.23. The Balaban J connectivity index is 1.64. The van der Waals surface area contributed by atoms with Crippen molar-refractivity contribution in [2.45, 2.75) is 24.8 Å². The van der Waals surface area contributed by atoms with Crippen LogP contribution < -0.4 is 5.32 Å². The normalized spacial score (nSPS) is 10.8. The van der Waals surface area contributed by atoms with Gasteiger partial charge in [0.2, 0.25) is 0 Å². The van der Waals surface area contributed by atoms with E-state index < -0.39 is 0 Å². The Hall–Kier alpha value is -3.45. The van der Waals surface area contributed by atoms with Crippen LogP contribution in [-0.4, -0.2) is 32.1 Å². The first-order chi connectivity index (χ1) is 15.2. The Morgan fingerprint density at radius 3 is 2.39 bits per heavy atom. The molecule has 0 saturated carbocycles. The molecule has 0 aliphatic rings. The largest absolute Gasteiger partial charge is 0.346 e. The van der Waals surface area contributed by atoms with Crippen molar-refractivity contribution in [2.24, 2.45) is 0 Å². The first-order valence-electron chi connectivity index (χ1n) is 10.1. The van der Waals surface area contributed by atoms with E-state index in [1.54, 1.807) is 22.6 Å². The zero-order valence-corrected chi connectivity index (χ0v) is 18.3. The average Bonchev–Trinajstić information content (AvgIpc) is 3.29. The molecule has 2 aromatic carbocycles. The first kappa shape index (κ1) is 20.8. The summed E-state index contributed by atoms with van der Waals surface area (Å²) in [6.45, 7) is 2.54. The maximum absolute atomic E-state index is 13.0. The lowest BCUT2D eigenvalue weighted by molar-refractivity contribution is 0.0946. The van der Waals surface area contributed by atoms with Crippen molar-refractivity contribution in [2.75, 3.05) is 6.26 Å². The summed E-state index contributed by atoms with van der Waals surface area (Å²) in [5, 5.41) is 11.4. The minimum Gasteiger partial charge on any atom is -0.346 e. The molecular formula is C24H23N5OS. The number of thioether (sulfide) groups is 1. The molecule has 1 N–H and O–H groups in total. The molecule has 0 aliphatic carbocycles. The zero-order chi connectivity index (χ0) is 21.6. The lowest BCUT2D eigenvalue weighted by atomic mass is 10.1. The van der Waals surface area contributed by atoms with Gasteiger partial charge in [0.05, 0.1) is 11.4 Å². The topological polar surface area (TPSA) is 72.7 Å². The molecule has 0 unspecified atom stereocenters. The van der Waals surface area contributed by atoms with E-state index in [-0.39, 0.29) is 11.6 Å². The van der Waals surface area contributed by atoms with Crippen LogP contribution in [0.5, 0.6) is 0 Å². The van der Waals surface area contributed by atoms with Gasteiger partial charge in [0.15, 0.2) is 5.69 Å². The van der Waals surface area contributed by atoms with Crippen molar-refractivity contribution >= 4 is 17.7 Å². The number of aryl methyl sites for hydroxylation is 1. The number of aromatic nitrogens is 4. The number of nitrogens with one attached hydrogen (secondary N) is 1. The summed E-state index contributed by atoms with van der Waals surface area (Å²) in [5.74, 6) is -0.285. The molecule has 31 heavy (non-hydrogen) atoms. The molecule has 0 spiro atoms. The highest BCUT2D eigenvalue weighted by molar-refractivity contribution is 7.98. The minimum atomic E-state index is -0.285. The Labute approximate surface area is 185 Å². The maximum Gasteiger partial charge on any atom is 0.274 e. The molecule has 7 heteroatoms. The molecule has 0 atom stereocenters. The van der Waals surface area contributed by atoms with Crippen LogP contribution in [-0.2, 0) is 13.0 Å². The summed E-state index contributed by atoms with van der Waals surface area (Å²) < 4.78 is 1.66. The summed E-state index contributed by atoms with van der Waals surface area (Å²) in [7, 11) is 0. The molecule has 0 fully saturated rings. The van der Waals surface area contributed by atoms with Gasteiger partial charge in [-0.1, -0.05) is 42.5 Å². The number of carbonyl (C=O) groups excluding carboxylic acids is 1. The van der Waals surface area contributed by atoms with E-state index in [0.717, 1.165) is 22.6 Å². The summed E-state index contributed by atoms with van der Waals surface area (Å²) in [4.78, 5) is 18.6. The summed E-state index contributed by atoms with van der Waals surface area (Å²) in [6.07, 6.45) is 4.71. The standard InChI is InChI=1S/C24H23N5OS/c1-3-17-7-9-18(10-8-17)16-26-24(30)22-23(21-6-4-5-15-25-21)29(28-27-22)19-11-13-20(31-2)14-12-19/h4-15H,3,16H2,1-2H3,(H,26,30). The van der Waals surface area contributed by atoms with Crippen LogP contribution in [0.1, 0.15) is 28.5 Å². The van der Waals surface area contributed by atoms with Gasteiger partial charge in [0.25, 0.3) is 5.91 Å². The van der Waals surface area contributed by atoms with Crippen LogP contribution in [0, 0.1) is 0 Å². The monoisotopic (exact) mass is 429 g/mol. The van der Waals surface area contributed by atoms with E-state index in [4.69, 9.17) is 0 Å². The number of nitrogens with zero attached hydrogens (tertiary/aromatic N) is 4. The van der Waals surface area contributed by atoms with Crippen LogP contribution >= 0.6 is 11.8 Å². The third kappa shape index (κ3) is 4.67. The molecule has 156 valence electrons. The number of amides is 1. The van der Waals surface area contributed by atoms with Crippen LogP contribution in [0.3, 0.4) is 0 Å². The van der Waals surface area contributed by atoms with Gasteiger partial charge in [-0.3, -0.25) is 9.78 Å². The average molecular weight is 430 g/mol. The van der Waals surface area contributed by atoms with Crippen LogP contribution in [0.2, 0.25) is 0 Å². The second-order valence-corrected chi connectivity index (χ2v) is 7.84. The zero-order valence-electron chi connectivity index (χ0n) is 17.4. The quantitative estimate of drug-likeness (QED) is 0.437. The fourth-order valence-electron chi connectivity index (χ4n) is 3.23. The molecule has 0 radical (unpaired) electrons. The number of hydrogen-bond acceptors (Lipinski definition) is 5. The van der Waals surface area contributed by atoms with E-state index in [0.29, 0.717) is 17.9 Å². The van der Waals surface area contributed by atoms with Crippen molar-refractivity contribution in [3.05, 3.63) is 89.7 Å². The Bertz CT molecular complexity index is 1160. The second-order valence-electron chi connectivity index (χ2n) is 6.96. The Morgan fingerprint density at radius 1 is 1.00 bits per heavy atom. The fraction of sp³-hybridized carbons (Fsp3) is 0.167. The van der Waals surface area contributed by atoms with E-state index >= 15 is 0 Å². The molecule has 6 nitrogen and oxygen atoms in total. The van der Waals surface area contributed by atoms with Crippen LogP contribution in [0.15, 0.2) is 77.8 Å². The van der Waals surface area contributed by atoms with Gasteiger partial charge in [-0.15, -0.1) is 16.9 Å². The first-order valence-corrected chi connectivity index (χ1v) is 11.3. The minimum absolute atomic E-state index is 0.248. The molecule has 1 amide bonds. The molecular weight excluding hydrogens is 406 g/mol. The van der Waals surface area contributed by atoms with E-state index in [9.17, 15) is 4.79 Å². The van der Waals surface area contributed by atoms with Crippen molar-refractivity contribution in [1.82, 2.24) is 25.3 Å². The van der Waals surface area contributed by atoms with Gasteiger partial charge in [-0.05, 0) is 60.2 Å². The lowest BCUT2D eigenvalue weighted by Gasteiger charge is -2.09. The molecule has 0 bridgehead atoms. The van der Waals surface area contributed by atoms with Crippen LogP contribution in [0.4, 0.5) is 0 Å². The van der Waals surface area contributed by atoms with Crippen molar-refractivity contribution < 1.29 is 4.79 Å². The smallest absolute Gasteiger partial charge is 0.274 e. The summed E-state index contributed by atoms with van der Waals surface area (Å²) >= 11 is 1.67. The van der Waals surface area contributed by atoms with E-state index in [1.165, 1.54) is 5.56 Å². The van der Waals surface area contributed by atoms with Gasteiger partial charge in [0.1, 0.15) is 5.69 Å². The maximum atomic E-state index is 13.0. The Morgan fingerprint density at radius 2 is 1.74 bits per heavy atom. The molecule has 0 aliphatic heterocycles. The SMILES string of the molecule is CCc1ccc(CNC(=O)c2nnn(-c3ccc(SC)cc3)c2-c2ccccn2)cc1. The molecule has 2 heterocycles. The molecule has 2 aromatic heterocycles. The molecule has 4 rings (SSSR count). The molecule has 0 saturated heterocycles. The van der Waals surface area contributed by atoms with Gasteiger partial charge < -0.3 is 5.32 Å². The van der Waals surface area contributed by atoms with Crippen molar-refractivity contribution in [3.63, 3.8) is 0 Å². The number of pyridine rings is 1. The number of rotatable bonds is 7. The van der Waals surface area contributed by atoms with Gasteiger partial charge in [0, 0.05) is 17.6 Å². The number of hydrogen-bond donors (Lipinski definition) is 1. The third-order valence-electron chi connectivity index (χ3n) is 4.99. The highest BCUT2D eigenvalue weighted by atomic mass is 32.2. The van der Waals surface area contributed by atoms with Crippen molar-refractivity contribution in [1.29, 1.82) is 0 Å². The van der Waals surface area contributed by atoms with Gasteiger partial charge >= 0.3 is 0 Å². The van der Waals surface area contributed by atoms with Crippen molar-refractivity contribution in [3.8, 4) is 17.1 Å². The predicted octanol–water partition coefficient (Wildman–Crippen LogP) is 4.54. The second kappa shape index (κ2) is 9.57. The fourth-order valence-corrected chi connectivity index (χ4v) is 3.64. The van der Waals surface area contributed by atoms with Crippen LogP contribution in [0.25, 0.3) is 17.1 Å². The summed E-state index contributed by atoms with van der Waals surface area (Å²) in [5.41, 5.74) is 4.57. The lowest BCUT2D eigenvalue weighted by Crippen LogP contribution is -2.24. The van der Waals surface area contributed by atoms with E-state index in [1.807, 2.05) is 60.9 Å².